The SMILES string of the molecule is CNc1nc(N2CC3CCCC3C2)c(Cl)cc1Cl. The highest BCUT2D eigenvalue weighted by Gasteiger charge is 2.37. The Morgan fingerprint density at radius 1 is 1.22 bits per heavy atom. The number of pyridine rings is 1. The van der Waals surface area contributed by atoms with Gasteiger partial charge >= 0.3 is 0 Å². The summed E-state index contributed by atoms with van der Waals surface area (Å²) in [5.41, 5.74) is 0. The molecule has 18 heavy (non-hydrogen) atoms. The Labute approximate surface area is 117 Å². The first-order valence-corrected chi connectivity index (χ1v) is 7.23. The molecule has 5 heteroatoms. The van der Waals surface area contributed by atoms with E-state index in [2.05, 4.69) is 15.2 Å². The Bertz CT molecular complexity index is 452. The highest BCUT2D eigenvalue weighted by Crippen LogP contribution is 2.41. The molecule has 1 saturated carbocycles. The fourth-order valence-corrected chi connectivity index (χ4v) is 3.83. The molecular formula is C13H17Cl2N3. The summed E-state index contributed by atoms with van der Waals surface area (Å²) in [6.07, 6.45) is 4.09. The van der Waals surface area contributed by atoms with Crippen LogP contribution in [0.4, 0.5) is 11.6 Å². The van der Waals surface area contributed by atoms with Crippen LogP contribution in [0.3, 0.4) is 0 Å². The highest BCUT2D eigenvalue weighted by atomic mass is 35.5. The molecule has 2 fully saturated rings. The van der Waals surface area contributed by atoms with Crippen LogP contribution in [0, 0.1) is 11.8 Å². The fraction of sp³-hybridized carbons (Fsp3) is 0.615. The lowest BCUT2D eigenvalue weighted by Crippen LogP contribution is -2.22. The van der Waals surface area contributed by atoms with E-state index in [1.54, 1.807) is 6.07 Å². The maximum absolute atomic E-state index is 6.28. The predicted octanol–water partition coefficient (Wildman–Crippen LogP) is 3.67. The van der Waals surface area contributed by atoms with E-state index in [0.717, 1.165) is 30.7 Å². The average Bonchev–Trinajstić information content (AvgIpc) is 2.89. The third-order valence-electron chi connectivity index (χ3n) is 4.17. The van der Waals surface area contributed by atoms with Gasteiger partial charge in [-0.1, -0.05) is 29.6 Å². The Balaban J connectivity index is 1.88. The van der Waals surface area contributed by atoms with E-state index < -0.39 is 0 Å². The molecule has 1 N–H and O–H groups in total. The summed E-state index contributed by atoms with van der Waals surface area (Å²) in [6, 6.07) is 1.78. The largest absolute Gasteiger partial charge is 0.372 e. The minimum absolute atomic E-state index is 0.575. The van der Waals surface area contributed by atoms with Gasteiger partial charge in [0.05, 0.1) is 10.0 Å². The van der Waals surface area contributed by atoms with Gasteiger partial charge in [0.1, 0.15) is 11.6 Å². The summed E-state index contributed by atoms with van der Waals surface area (Å²) < 4.78 is 0. The van der Waals surface area contributed by atoms with Gasteiger partial charge in [-0.2, -0.15) is 0 Å². The molecule has 2 unspecified atom stereocenters. The molecule has 1 aromatic heterocycles. The Kier molecular flexibility index (Phi) is 3.29. The predicted molar refractivity (Wildman–Crippen MR) is 76.8 cm³/mol. The third-order valence-corrected chi connectivity index (χ3v) is 4.74. The van der Waals surface area contributed by atoms with Crippen molar-refractivity contribution < 1.29 is 0 Å². The first kappa shape index (κ1) is 12.4. The van der Waals surface area contributed by atoms with Gasteiger partial charge in [0.25, 0.3) is 0 Å². The number of rotatable bonds is 2. The lowest BCUT2D eigenvalue weighted by atomic mass is 10.0. The van der Waals surface area contributed by atoms with Crippen LogP contribution in [-0.2, 0) is 0 Å². The van der Waals surface area contributed by atoms with Crippen LogP contribution in [0.25, 0.3) is 0 Å². The van der Waals surface area contributed by atoms with Crippen molar-refractivity contribution in [1.29, 1.82) is 0 Å². The molecule has 1 saturated heterocycles. The number of anilines is 2. The Morgan fingerprint density at radius 2 is 1.89 bits per heavy atom. The molecule has 0 aromatic carbocycles. The highest BCUT2D eigenvalue weighted by molar-refractivity contribution is 6.37. The molecule has 98 valence electrons. The van der Waals surface area contributed by atoms with E-state index in [0.29, 0.717) is 15.9 Å². The number of fused-ring (bicyclic) bond motifs is 1. The van der Waals surface area contributed by atoms with E-state index >= 15 is 0 Å². The maximum atomic E-state index is 6.28. The van der Waals surface area contributed by atoms with Crippen LogP contribution in [0.2, 0.25) is 10.0 Å². The second-order valence-corrected chi connectivity index (χ2v) is 6.04. The quantitative estimate of drug-likeness (QED) is 0.899. The molecule has 1 aromatic rings. The smallest absolute Gasteiger partial charge is 0.149 e. The monoisotopic (exact) mass is 285 g/mol. The fourth-order valence-electron chi connectivity index (χ4n) is 3.26. The molecule has 3 rings (SSSR count). The standard InChI is InChI=1S/C13H17Cl2N3/c1-16-12-10(14)5-11(15)13(17-12)18-6-8-3-2-4-9(8)7-18/h5,8-9H,2-4,6-7H2,1H3,(H,16,17). The van der Waals surface area contributed by atoms with Crippen LogP contribution in [-0.4, -0.2) is 25.1 Å². The van der Waals surface area contributed by atoms with Crippen LogP contribution in [0.5, 0.6) is 0 Å². The lowest BCUT2D eigenvalue weighted by molar-refractivity contribution is 0.494. The van der Waals surface area contributed by atoms with Crippen LogP contribution in [0.1, 0.15) is 19.3 Å². The van der Waals surface area contributed by atoms with Crippen molar-refractivity contribution >= 4 is 34.8 Å². The number of nitrogens with zero attached hydrogens (tertiary/aromatic N) is 2. The third kappa shape index (κ3) is 2.04. The van der Waals surface area contributed by atoms with Crippen molar-refractivity contribution in [2.45, 2.75) is 19.3 Å². The minimum Gasteiger partial charge on any atom is -0.372 e. The zero-order valence-electron chi connectivity index (χ0n) is 10.4. The zero-order valence-corrected chi connectivity index (χ0v) is 11.9. The topological polar surface area (TPSA) is 28.2 Å². The van der Waals surface area contributed by atoms with Gasteiger partial charge in [0.2, 0.25) is 0 Å². The van der Waals surface area contributed by atoms with E-state index in [4.69, 9.17) is 23.2 Å². The first-order chi connectivity index (χ1) is 8.69. The summed E-state index contributed by atoms with van der Waals surface area (Å²) in [4.78, 5) is 6.86. The molecule has 0 bridgehead atoms. The van der Waals surface area contributed by atoms with Crippen LogP contribution in [0.15, 0.2) is 6.07 Å². The molecule has 2 aliphatic rings. The second-order valence-electron chi connectivity index (χ2n) is 5.23. The van der Waals surface area contributed by atoms with Crippen molar-refractivity contribution in [3.8, 4) is 0 Å². The number of hydrogen-bond donors (Lipinski definition) is 1. The molecule has 3 nitrogen and oxygen atoms in total. The van der Waals surface area contributed by atoms with Gasteiger partial charge in [-0.05, 0) is 30.7 Å². The van der Waals surface area contributed by atoms with Gasteiger partial charge in [-0.25, -0.2) is 4.98 Å². The lowest BCUT2D eigenvalue weighted by Gasteiger charge is -2.20. The summed E-state index contributed by atoms with van der Waals surface area (Å²) in [6.45, 7) is 2.17. The number of aromatic nitrogens is 1. The van der Waals surface area contributed by atoms with Gasteiger partial charge < -0.3 is 10.2 Å². The number of hydrogen-bond acceptors (Lipinski definition) is 3. The number of halogens is 2. The zero-order chi connectivity index (χ0) is 12.7. The summed E-state index contributed by atoms with van der Waals surface area (Å²) in [7, 11) is 1.82. The molecule has 1 aliphatic heterocycles. The van der Waals surface area contributed by atoms with E-state index in [9.17, 15) is 0 Å². The molecule has 0 amide bonds. The molecule has 2 heterocycles. The van der Waals surface area contributed by atoms with E-state index in [1.807, 2.05) is 7.05 Å². The summed E-state index contributed by atoms with van der Waals surface area (Å²) in [5.74, 6) is 3.24. The van der Waals surface area contributed by atoms with Gasteiger partial charge in [0.15, 0.2) is 0 Å². The molecule has 1 aliphatic carbocycles. The van der Waals surface area contributed by atoms with Crippen molar-refractivity contribution in [2.75, 3.05) is 30.4 Å². The maximum Gasteiger partial charge on any atom is 0.149 e. The molecular weight excluding hydrogens is 269 g/mol. The van der Waals surface area contributed by atoms with Gasteiger partial charge in [-0.15, -0.1) is 0 Å². The van der Waals surface area contributed by atoms with Gasteiger partial charge in [0, 0.05) is 20.1 Å². The van der Waals surface area contributed by atoms with Crippen molar-refractivity contribution in [2.24, 2.45) is 11.8 Å². The molecule has 0 spiro atoms. The summed E-state index contributed by atoms with van der Waals surface area (Å²) in [5, 5.41) is 4.23. The van der Waals surface area contributed by atoms with Gasteiger partial charge in [-0.3, -0.25) is 0 Å². The molecule has 0 radical (unpaired) electrons. The summed E-state index contributed by atoms with van der Waals surface area (Å²) >= 11 is 12.4. The minimum atomic E-state index is 0.575. The first-order valence-electron chi connectivity index (χ1n) is 6.47. The molecule has 2 atom stereocenters. The Morgan fingerprint density at radius 3 is 2.50 bits per heavy atom. The van der Waals surface area contributed by atoms with E-state index in [-0.39, 0.29) is 0 Å². The van der Waals surface area contributed by atoms with Crippen molar-refractivity contribution in [1.82, 2.24) is 4.98 Å². The number of nitrogens with one attached hydrogen (secondary N) is 1. The Hall–Kier alpha value is -0.670. The normalized spacial score (nSPS) is 26.5. The van der Waals surface area contributed by atoms with Crippen molar-refractivity contribution in [3.05, 3.63) is 16.1 Å². The van der Waals surface area contributed by atoms with Crippen LogP contribution < -0.4 is 10.2 Å². The van der Waals surface area contributed by atoms with Crippen molar-refractivity contribution in [3.63, 3.8) is 0 Å². The van der Waals surface area contributed by atoms with E-state index in [1.165, 1.54) is 19.3 Å². The average molecular weight is 286 g/mol. The second kappa shape index (κ2) is 4.78. The van der Waals surface area contributed by atoms with Crippen LogP contribution >= 0.6 is 23.2 Å².